The van der Waals surface area contributed by atoms with Gasteiger partial charge in [0.2, 0.25) is 5.60 Å². The van der Waals surface area contributed by atoms with Gasteiger partial charge in [-0.3, -0.25) is 4.79 Å². The van der Waals surface area contributed by atoms with Crippen molar-refractivity contribution in [1.82, 2.24) is 0 Å². The van der Waals surface area contributed by atoms with Gasteiger partial charge in [0.25, 0.3) is 11.9 Å². The first-order valence-electron chi connectivity index (χ1n) is 4.25. The standard InChI is InChI=1S/C8H12N2O3/c1-12-4-8(5-2-3-5)6(11)10-7(9)13-8/h5H,2-4H2,1H3,(H2,9,10,11). The van der Waals surface area contributed by atoms with Crippen LogP contribution in [0.4, 0.5) is 0 Å². The van der Waals surface area contributed by atoms with E-state index < -0.39 is 5.60 Å². The van der Waals surface area contributed by atoms with Gasteiger partial charge in [0.15, 0.2) is 0 Å². The second kappa shape index (κ2) is 2.70. The average Bonchev–Trinajstić information content (AvgIpc) is 2.82. The van der Waals surface area contributed by atoms with Crippen molar-refractivity contribution < 1.29 is 14.3 Å². The van der Waals surface area contributed by atoms with Crippen molar-refractivity contribution in [3.05, 3.63) is 0 Å². The number of amidine groups is 1. The van der Waals surface area contributed by atoms with Crippen molar-refractivity contribution in [2.45, 2.75) is 18.4 Å². The summed E-state index contributed by atoms with van der Waals surface area (Å²) in [6.45, 7) is 0.237. The summed E-state index contributed by atoms with van der Waals surface area (Å²) in [7, 11) is 1.54. The first kappa shape index (κ1) is 8.50. The zero-order valence-corrected chi connectivity index (χ0v) is 7.45. The normalized spacial score (nSPS) is 33.0. The Morgan fingerprint density at radius 1 is 1.77 bits per heavy atom. The van der Waals surface area contributed by atoms with Gasteiger partial charge in [0.1, 0.15) is 0 Å². The molecule has 2 N–H and O–H groups in total. The van der Waals surface area contributed by atoms with E-state index in [4.69, 9.17) is 15.2 Å². The van der Waals surface area contributed by atoms with Gasteiger partial charge in [0.05, 0.1) is 6.61 Å². The lowest BCUT2D eigenvalue weighted by Crippen LogP contribution is -2.45. The summed E-state index contributed by atoms with van der Waals surface area (Å²) in [4.78, 5) is 15.1. The van der Waals surface area contributed by atoms with Crippen LogP contribution in [-0.4, -0.2) is 31.2 Å². The highest BCUT2D eigenvalue weighted by Crippen LogP contribution is 2.44. The quantitative estimate of drug-likeness (QED) is 0.650. The predicted octanol–water partition coefficient (Wildman–Crippen LogP) is -0.347. The van der Waals surface area contributed by atoms with Gasteiger partial charge in [-0.2, -0.15) is 4.99 Å². The van der Waals surface area contributed by atoms with E-state index in [1.165, 1.54) is 7.11 Å². The number of hydrogen-bond acceptors (Lipinski definition) is 4. The fourth-order valence-corrected chi connectivity index (χ4v) is 1.68. The lowest BCUT2D eigenvalue weighted by molar-refractivity contribution is -0.137. The van der Waals surface area contributed by atoms with Crippen LogP contribution in [-0.2, 0) is 14.3 Å². The number of rotatable bonds is 3. The number of nitrogens with two attached hydrogens (primary N) is 1. The van der Waals surface area contributed by atoms with Crippen molar-refractivity contribution in [3.8, 4) is 0 Å². The molecule has 2 aliphatic rings. The Bertz CT molecular complexity index is 273. The van der Waals surface area contributed by atoms with E-state index in [2.05, 4.69) is 4.99 Å². The highest BCUT2D eigenvalue weighted by Gasteiger charge is 2.56. The number of methoxy groups -OCH3 is 1. The van der Waals surface area contributed by atoms with Gasteiger partial charge in [0, 0.05) is 13.0 Å². The molecule has 0 spiro atoms. The van der Waals surface area contributed by atoms with Gasteiger partial charge < -0.3 is 15.2 Å². The molecule has 1 saturated carbocycles. The van der Waals surface area contributed by atoms with Gasteiger partial charge in [-0.15, -0.1) is 0 Å². The molecule has 1 heterocycles. The minimum Gasteiger partial charge on any atom is -0.445 e. The molecular weight excluding hydrogens is 172 g/mol. The van der Waals surface area contributed by atoms with Gasteiger partial charge in [-0.05, 0) is 12.8 Å². The molecule has 0 radical (unpaired) electrons. The Balaban J connectivity index is 2.20. The molecule has 1 fully saturated rings. The zero-order chi connectivity index (χ0) is 9.47. The van der Waals surface area contributed by atoms with E-state index in [-0.39, 0.29) is 24.5 Å². The highest BCUT2D eigenvalue weighted by molar-refractivity contribution is 6.01. The fraction of sp³-hybridized carbons (Fsp3) is 0.750. The molecule has 0 aromatic carbocycles. The summed E-state index contributed by atoms with van der Waals surface area (Å²) in [5.41, 5.74) is 4.44. The van der Waals surface area contributed by atoms with Crippen LogP contribution in [0, 0.1) is 5.92 Å². The zero-order valence-electron chi connectivity index (χ0n) is 7.45. The molecule has 72 valence electrons. The maximum Gasteiger partial charge on any atom is 0.297 e. The molecule has 0 saturated heterocycles. The first-order chi connectivity index (χ1) is 6.19. The van der Waals surface area contributed by atoms with Crippen LogP contribution in [0.25, 0.3) is 0 Å². The smallest absolute Gasteiger partial charge is 0.297 e. The fourth-order valence-electron chi connectivity index (χ4n) is 1.68. The van der Waals surface area contributed by atoms with Crippen molar-refractivity contribution in [3.63, 3.8) is 0 Å². The first-order valence-corrected chi connectivity index (χ1v) is 4.25. The molecule has 1 aliphatic carbocycles. The number of ether oxygens (including phenoxy) is 2. The molecular formula is C8H12N2O3. The average molecular weight is 184 g/mol. The highest BCUT2D eigenvalue weighted by atomic mass is 16.6. The van der Waals surface area contributed by atoms with E-state index in [1.54, 1.807) is 0 Å². The Hall–Kier alpha value is -1.10. The van der Waals surface area contributed by atoms with Crippen LogP contribution in [0.2, 0.25) is 0 Å². The third-order valence-electron chi connectivity index (χ3n) is 2.46. The SMILES string of the molecule is COCC1(C2CC2)OC(N)=NC1=O. The van der Waals surface area contributed by atoms with E-state index in [1.807, 2.05) is 0 Å². The van der Waals surface area contributed by atoms with Crippen molar-refractivity contribution in [1.29, 1.82) is 0 Å². The number of carbonyl (C=O) groups is 1. The van der Waals surface area contributed by atoms with Gasteiger partial charge >= 0.3 is 0 Å². The summed E-state index contributed by atoms with van der Waals surface area (Å²) in [5.74, 6) is -0.0703. The number of carbonyl (C=O) groups excluding carboxylic acids is 1. The van der Waals surface area contributed by atoms with E-state index >= 15 is 0 Å². The molecule has 5 nitrogen and oxygen atoms in total. The molecule has 1 amide bonds. The Labute approximate surface area is 75.9 Å². The van der Waals surface area contributed by atoms with Crippen LogP contribution in [0.5, 0.6) is 0 Å². The van der Waals surface area contributed by atoms with Crippen LogP contribution >= 0.6 is 0 Å². The summed E-state index contributed by atoms with van der Waals surface area (Å²) in [5, 5.41) is 0. The molecule has 2 rings (SSSR count). The lowest BCUT2D eigenvalue weighted by Gasteiger charge is -2.24. The topological polar surface area (TPSA) is 73.9 Å². The maximum atomic E-state index is 11.5. The largest absolute Gasteiger partial charge is 0.445 e. The van der Waals surface area contributed by atoms with Crippen LogP contribution < -0.4 is 5.73 Å². The van der Waals surface area contributed by atoms with Crippen molar-refractivity contribution in [2.75, 3.05) is 13.7 Å². The van der Waals surface area contributed by atoms with E-state index in [0.29, 0.717) is 0 Å². The Morgan fingerprint density at radius 2 is 2.46 bits per heavy atom. The number of hydrogen-bond donors (Lipinski definition) is 1. The monoisotopic (exact) mass is 184 g/mol. The Kier molecular flexibility index (Phi) is 1.76. The van der Waals surface area contributed by atoms with E-state index in [0.717, 1.165) is 12.8 Å². The third-order valence-corrected chi connectivity index (χ3v) is 2.46. The minimum absolute atomic E-state index is 0.0334. The molecule has 0 aromatic heterocycles. The summed E-state index contributed by atoms with van der Waals surface area (Å²) in [6, 6.07) is -0.0334. The molecule has 0 aromatic rings. The van der Waals surface area contributed by atoms with Crippen molar-refractivity contribution >= 4 is 11.9 Å². The summed E-state index contributed by atoms with van der Waals surface area (Å²) in [6.07, 6.45) is 1.97. The van der Waals surface area contributed by atoms with Crippen LogP contribution in [0.1, 0.15) is 12.8 Å². The summed E-state index contributed by atoms with van der Waals surface area (Å²) < 4.78 is 10.3. The maximum absolute atomic E-state index is 11.5. The second-order valence-corrected chi connectivity index (χ2v) is 3.45. The molecule has 0 bridgehead atoms. The van der Waals surface area contributed by atoms with E-state index in [9.17, 15) is 4.79 Å². The summed E-state index contributed by atoms with van der Waals surface area (Å²) >= 11 is 0. The Morgan fingerprint density at radius 3 is 2.85 bits per heavy atom. The predicted molar refractivity (Wildman–Crippen MR) is 45.0 cm³/mol. The second-order valence-electron chi connectivity index (χ2n) is 3.45. The van der Waals surface area contributed by atoms with Gasteiger partial charge in [-0.25, -0.2) is 0 Å². The number of aliphatic imine (C=N–C) groups is 1. The van der Waals surface area contributed by atoms with Gasteiger partial charge in [-0.1, -0.05) is 0 Å². The molecule has 1 unspecified atom stereocenters. The number of amides is 1. The minimum atomic E-state index is -0.904. The molecule has 13 heavy (non-hydrogen) atoms. The third kappa shape index (κ3) is 1.19. The number of nitrogens with zero attached hydrogens (tertiary/aromatic N) is 1. The molecule has 1 atom stereocenters. The lowest BCUT2D eigenvalue weighted by atomic mass is 9.98. The van der Waals surface area contributed by atoms with Crippen molar-refractivity contribution in [2.24, 2.45) is 16.6 Å². The molecule has 1 aliphatic heterocycles. The van der Waals surface area contributed by atoms with Crippen LogP contribution in [0.15, 0.2) is 4.99 Å². The molecule has 5 heteroatoms. The van der Waals surface area contributed by atoms with Crippen LogP contribution in [0.3, 0.4) is 0 Å².